The summed E-state index contributed by atoms with van der Waals surface area (Å²) >= 11 is 0. The van der Waals surface area contributed by atoms with Crippen LogP contribution < -0.4 is 5.32 Å². The largest absolute Gasteiger partial charge is 0.479 e. The van der Waals surface area contributed by atoms with E-state index in [0.29, 0.717) is 39.5 Å². The lowest BCUT2D eigenvalue weighted by molar-refractivity contribution is -0.155. The molecule has 0 aromatic rings. The summed E-state index contributed by atoms with van der Waals surface area (Å²) in [4.78, 5) is 24.2. The average molecular weight is 306 g/mol. The van der Waals surface area contributed by atoms with Gasteiger partial charge in [-0.05, 0) is 20.8 Å². The highest BCUT2D eigenvalue weighted by atomic mass is 16.5. The molecule has 0 aromatic carbocycles. The van der Waals surface area contributed by atoms with Crippen LogP contribution in [0.5, 0.6) is 0 Å². The molecule has 0 aliphatic heterocycles. The van der Waals surface area contributed by atoms with Crippen molar-refractivity contribution in [1.29, 1.82) is 0 Å². The van der Waals surface area contributed by atoms with Gasteiger partial charge in [-0.3, -0.25) is 0 Å². The van der Waals surface area contributed by atoms with Crippen molar-refractivity contribution in [2.45, 2.75) is 26.4 Å². The number of aliphatic carboxylic acids is 1. The fraction of sp³-hybridized carbons (Fsp3) is 0.846. The third kappa shape index (κ3) is 8.49. The van der Waals surface area contributed by atoms with Crippen molar-refractivity contribution in [3.8, 4) is 0 Å². The van der Waals surface area contributed by atoms with Gasteiger partial charge in [-0.2, -0.15) is 0 Å². The number of nitrogens with zero attached hydrogens (tertiary/aromatic N) is 1. The van der Waals surface area contributed by atoms with E-state index >= 15 is 0 Å². The molecule has 0 saturated heterocycles. The Morgan fingerprint density at radius 3 is 2.00 bits per heavy atom. The first-order valence-corrected chi connectivity index (χ1v) is 6.99. The number of carboxylic acid groups (broad SMARTS) is 1. The van der Waals surface area contributed by atoms with E-state index in [1.165, 1.54) is 4.90 Å². The third-order valence-electron chi connectivity index (χ3n) is 2.75. The van der Waals surface area contributed by atoms with Crippen LogP contribution in [-0.2, 0) is 14.3 Å². The zero-order chi connectivity index (χ0) is 16.3. The Morgan fingerprint density at radius 2 is 1.62 bits per heavy atom. The van der Waals surface area contributed by atoms with E-state index in [4.69, 9.17) is 14.6 Å². The van der Waals surface area contributed by atoms with Crippen LogP contribution in [0.15, 0.2) is 0 Å². The fourth-order valence-electron chi connectivity index (χ4n) is 1.39. The molecule has 0 spiro atoms. The van der Waals surface area contributed by atoms with Crippen LogP contribution >= 0.6 is 0 Å². The van der Waals surface area contributed by atoms with Crippen molar-refractivity contribution in [2.75, 3.05) is 46.1 Å². The zero-order valence-electron chi connectivity index (χ0n) is 12.9. The Hall–Kier alpha value is -1.38. The highest BCUT2D eigenvalue weighted by molar-refractivity contribution is 5.79. The zero-order valence-corrected chi connectivity index (χ0v) is 12.9. The molecule has 0 fully saturated rings. The summed E-state index contributed by atoms with van der Waals surface area (Å²) in [6.45, 7) is 7.05. The van der Waals surface area contributed by atoms with Crippen molar-refractivity contribution in [3.05, 3.63) is 0 Å². The molecule has 0 saturated carbocycles. The molecule has 0 rings (SSSR count). The molecular weight excluding hydrogens is 280 g/mol. The molecule has 1 unspecified atom stereocenters. The fourth-order valence-corrected chi connectivity index (χ4v) is 1.39. The van der Waals surface area contributed by atoms with Gasteiger partial charge < -0.3 is 29.9 Å². The Labute approximate surface area is 125 Å². The molecule has 0 aliphatic carbocycles. The van der Waals surface area contributed by atoms with Gasteiger partial charge in [-0.15, -0.1) is 0 Å². The first-order chi connectivity index (χ1) is 9.85. The molecule has 0 aromatic heterocycles. The van der Waals surface area contributed by atoms with Gasteiger partial charge in [0, 0.05) is 26.3 Å². The Kier molecular flexibility index (Phi) is 9.68. The maximum atomic E-state index is 12.0. The van der Waals surface area contributed by atoms with Crippen LogP contribution in [0, 0.1) is 0 Å². The number of nitrogens with one attached hydrogen (secondary N) is 1. The first-order valence-electron chi connectivity index (χ1n) is 6.99. The first kappa shape index (κ1) is 19.6. The second-order valence-electron chi connectivity index (χ2n) is 4.62. The summed E-state index contributed by atoms with van der Waals surface area (Å²) in [7, 11) is 0. The molecule has 0 radical (unpaired) electrons. The van der Waals surface area contributed by atoms with E-state index in [1.54, 1.807) is 0 Å². The van der Waals surface area contributed by atoms with E-state index in [0.717, 1.165) is 6.92 Å². The maximum Gasteiger partial charge on any atom is 0.337 e. The minimum atomic E-state index is -2.00. The Balaban J connectivity index is 4.37. The average Bonchev–Trinajstić information content (AvgIpc) is 2.43. The smallest absolute Gasteiger partial charge is 0.337 e. The number of carboxylic acids is 1. The third-order valence-corrected chi connectivity index (χ3v) is 2.75. The molecule has 1 atom stereocenters. The second kappa shape index (κ2) is 10.4. The number of aliphatic hydroxyl groups is 1. The van der Waals surface area contributed by atoms with Gasteiger partial charge in [-0.25, -0.2) is 9.59 Å². The van der Waals surface area contributed by atoms with Crippen LogP contribution in [0.4, 0.5) is 4.79 Å². The van der Waals surface area contributed by atoms with E-state index in [-0.39, 0.29) is 6.54 Å². The van der Waals surface area contributed by atoms with Crippen LogP contribution in [0.3, 0.4) is 0 Å². The molecule has 3 N–H and O–H groups in total. The van der Waals surface area contributed by atoms with Crippen molar-refractivity contribution < 1.29 is 29.3 Å². The number of carbonyl (C=O) groups excluding carboxylic acids is 1. The van der Waals surface area contributed by atoms with Crippen molar-refractivity contribution in [3.63, 3.8) is 0 Å². The van der Waals surface area contributed by atoms with Crippen LogP contribution in [0.2, 0.25) is 0 Å². The number of carbonyl (C=O) groups is 2. The predicted octanol–water partition coefficient (Wildman–Crippen LogP) is -0.0934. The number of hydrogen-bond acceptors (Lipinski definition) is 5. The summed E-state index contributed by atoms with van der Waals surface area (Å²) in [5.41, 5.74) is -2.00. The highest BCUT2D eigenvalue weighted by Crippen LogP contribution is 2.01. The highest BCUT2D eigenvalue weighted by Gasteiger charge is 2.30. The lowest BCUT2D eigenvalue weighted by Crippen LogP contribution is -2.51. The molecular formula is C13H26N2O6. The molecule has 0 heterocycles. The van der Waals surface area contributed by atoms with Crippen LogP contribution in [0.1, 0.15) is 20.8 Å². The number of rotatable bonds is 11. The summed E-state index contributed by atoms with van der Waals surface area (Å²) in [5.74, 6) is -1.39. The quantitative estimate of drug-likeness (QED) is 0.460. The van der Waals surface area contributed by atoms with Gasteiger partial charge in [0.25, 0.3) is 0 Å². The minimum Gasteiger partial charge on any atom is -0.479 e. The summed E-state index contributed by atoms with van der Waals surface area (Å²) < 4.78 is 10.4. The summed E-state index contributed by atoms with van der Waals surface area (Å²) in [5, 5.41) is 20.8. The maximum absolute atomic E-state index is 12.0. The molecule has 0 bridgehead atoms. The minimum absolute atomic E-state index is 0.363. The SMILES string of the molecule is CCOCCN(CCOCC)C(=O)NCC(C)(O)C(=O)O. The number of urea groups is 1. The van der Waals surface area contributed by atoms with E-state index in [1.807, 2.05) is 13.8 Å². The van der Waals surface area contributed by atoms with Gasteiger partial charge in [0.2, 0.25) is 0 Å². The second-order valence-corrected chi connectivity index (χ2v) is 4.62. The molecule has 0 aliphatic rings. The standard InChI is InChI=1S/C13H26N2O6/c1-4-20-8-6-15(7-9-21-5-2)12(18)14-10-13(3,19)11(16)17/h19H,4-10H2,1-3H3,(H,14,18)(H,16,17). The van der Waals surface area contributed by atoms with Gasteiger partial charge in [0.15, 0.2) is 5.60 Å². The molecule has 8 nitrogen and oxygen atoms in total. The molecule has 8 heteroatoms. The van der Waals surface area contributed by atoms with E-state index < -0.39 is 17.6 Å². The molecule has 2 amide bonds. The lowest BCUT2D eigenvalue weighted by atomic mass is 10.1. The van der Waals surface area contributed by atoms with Crippen LogP contribution in [0.25, 0.3) is 0 Å². The van der Waals surface area contributed by atoms with Crippen molar-refractivity contribution in [1.82, 2.24) is 10.2 Å². The van der Waals surface area contributed by atoms with E-state index in [2.05, 4.69) is 5.32 Å². The van der Waals surface area contributed by atoms with Gasteiger partial charge >= 0.3 is 12.0 Å². The van der Waals surface area contributed by atoms with Crippen molar-refractivity contribution >= 4 is 12.0 Å². The Bertz CT molecular complexity index is 312. The number of ether oxygens (including phenoxy) is 2. The Morgan fingerprint density at radius 1 is 1.14 bits per heavy atom. The van der Waals surface area contributed by atoms with Gasteiger partial charge in [0.1, 0.15) is 0 Å². The number of hydrogen-bond donors (Lipinski definition) is 3. The normalized spacial score (nSPS) is 13.5. The molecule has 124 valence electrons. The van der Waals surface area contributed by atoms with Crippen molar-refractivity contribution in [2.24, 2.45) is 0 Å². The number of amides is 2. The van der Waals surface area contributed by atoms with Crippen LogP contribution in [-0.4, -0.2) is 78.8 Å². The van der Waals surface area contributed by atoms with Gasteiger partial charge in [-0.1, -0.05) is 0 Å². The van der Waals surface area contributed by atoms with E-state index in [9.17, 15) is 14.7 Å². The predicted molar refractivity (Wildman–Crippen MR) is 76.2 cm³/mol. The monoisotopic (exact) mass is 306 g/mol. The van der Waals surface area contributed by atoms with Gasteiger partial charge in [0.05, 0.1) is 19.8 Å². The topological polar surface area (TPSA) is 108 Å². The molecule has 21 heavy (non-hydrogen) atoms. The summed E-state index contributed by atoms with van der Waals surface area (Å²) in [6, 6.07) is -0.462. The summed E-state index contributed by atoms with van der Waals surface area (Å²) in [6.07, 6.45) is 0. The lowest BCUT2D eigenvalue weighted by Gasteiger charge is -2.25.